The Bertz CT molecular complexity index is 2330. The van der Waals surface area contributed by atoms with E-state index in [4.69, 9.17) is 23.2 Å². The van der Waals surface area contributed by atoms with Crippen molar-refractivity contribution in [3.63, 3.8) is 0 Å². The van der Waals surface area contributed by atoms with E-state index in [-0.39, 0.29) is 23.7 Å². The van der Waals surface area contributed by atoms with Crippen LogP contribution in [0.4, 0.5) is 0 Å². The van der Waals surface area contributed by atoms with Gasteiger partial charge in [0.2, 0.25) is 0 Å². The fraction of sp³-hybridized carbons (Fsp3) is 0.400. The van der Waals surface area contributed by atoms with Gasteiger partial charge in [0.25, 0.3) is 0 Å². The molecule has 6 rings (SSSR count). The molecule has 0 nitrogen and oxygen atoms in total. The molecule has 0 aromatic heterocycles. The van der Waals surface area contributed by atoms with E-state index in [9.17, 15) is 0 Å². The van der Waals surface area contributed by atoms with Gasteiger partial charge in [-0.3, -0.25) is 0 Å². The molecule has 3 heteroatoms. The van der Waals surface area contributed by atoms with Crippen molar-refractivity contribution in [1.82, 2.24) is 0 Å². The van der Waals surface area contributed by atoms with Crippen LogP contribution in [0, 0.1) is 83.1 Å². The van der Waals surface area contributed by atoms with Gasteiger partial charge in [0.05, 0.1) is 0 Å². The van der Waals surface area contributed by atoms with Gasteiger partial charge in [0.1, 0.15) is 0 Å². The van der Waals surface area contributed by atoms with Gasteiger partial charge < -0.3 is 0 Å². The van der Waals surface area contributed by atoms with Gasteiger partial charge in [0, 0.05) is 0 Å². The normalized spacial score (nSPS) is 12.0. The Labute approximate surface area is 399 Å². The Kier molecular flexibility index (Phi) is 14.5. The van der Waals surface area contributed by atoms with Gasteiger partial charge in [-0.2, -0.15) is 0 Å². The molecule has 2 radical (unpaired) electrons. The number of aryl methyl sites for hydroxylation is 12. The summed E-state index contributed by atoms with van der Waals surface area (Å²) in [5.74, 6) is 0.757. The van der Waals surface area contributed by atoms with E-state index < -0.39 is 15.4 Å². The first kappa shape index (κ1) is 48.9. The molecule has 0 unspecified atom stereocenters. The topological polar surface area (TPSA) is 0 Å². The van der Waals surface area contributed by atoms with E-state index in [1.807, 2.05) is 0 Å². The summed E-state index contributed by atoms with van der Waals surface area (Å²) < 4.78 is 2.96. The third-order valence-electron chi connectivity index (χ3n) is 13.3. The average Bonchev–Trinajstić information content (AvgIpc) is 3.11. The van der Waals surface area contributed by atoms with E-state index in [2.05, 4.69) is 187 Å². The van der Waals surface area contributed by atoms with Crippen LogP contribution in [-0.2, 0) is 0 Å². The Hall–Kier alpha value is -3.56. The van der Waals surface area contributed by atoms with Crippen LogP contribution in [0.1, 0.15) is 168 Å². The molecule has 0 aliphatic heterocycles. The van der Waals surface area contributed by atoms with Crippen LogP contribution >= 0.6 is 23.2 Å². The molecule has 330 valence electrons. The van der Waals surface area contributed by atoms with Gasteiger partial charge in [-0.05, 0) is 0 Å². The zero-order valence-electron chi connectivity index (χ0n) is 42.2. The molecule has 6 aromatic carbocycles. The Morgan fingerprint density at radius 1 is 0.286 bits per heavy atom. The second kappa shape index (κ2) is 18.7. The molecule has 0 amide bonds. The summed E-state index contributed by atoms with van der Waals surface area (Å²) in [5.41, 5.74) is 31.4. The summed E-state index contributed by atoms with van der Waals surface area (Å²) in [4.78, 5) is 0. The van der Waals surface area contributed by atoms with E-state index in [1.165, 1.54) is 142 Å². The first-order valence-electron chi connectivity index (χ1n) is 23.3. The monoisotopic (exact) mass is 936 g/mol. The van der Waals surface area contributed by atoms with Crippen molar-refractivity contribution in [3.05, 3.63) is 148 Å². The van der Waals surface area contributed by atoms with Crippen LogP contribution in [0.3, 0.4) is 0 Å². The molecule has 0 N–H and O–H groups in total. The second-order valence-electron chi connectivity index (χ2n) is 20.4. The third kappa shape index (κ3) is 8.92. The van der Waals surface area contributed by atoms with Crippen molar-refractivity contribution < 1.29 is 0 Å². The van der Waals surface area contributed by atoms with Crippen molar-refractivity contribution in [2.24, 2.45) is 0 Å². The molecule has 0 saturated carbocycles. The number of benzene rings is 6. The summed E-state index contributed by atoms with van der Waals surface area (Å²) in [6.45, 7) is 46.3. The molecule has 0 spiro atoms. The van der Waals surface area contributed by atoms with E-state index in [0.29, 0.717) is 0 Å². The summed E-state index contributed by atoms with van der Waals surface area (Å²) in [6.07, 6.45) is 0. The van der Waals surface area contributed by atoms with Crippen LogP contribution in [0.15, 0.2) is 48.5 Å². The van der Waals surface area contributed by atoms with Gasteiger partial charge >= 0.3 is 402 Å². The summed E-state index contributed by atoms with van der Waals surface area (Å²) in [5, 5.41) is 1.86. The van der Waals surface area contributed by atoms with Gasteiger partial charge in [-0.15, -0.1) is 0 Å². The maximum atomic E-state index is 8.07. The first-order chi connectivity index (χ1) is 29.4. The summed E-state index contributed by atoms with van der Waals surface area (Å²) in [6, 6.07) is 19.1. The number of hydrogen-bond acceptors (Lipinski definition) is 0. The molecule has 0 bridgehead atoms. The first-order valence-corrected chi connectivity index (χ1v) is 26.1. The number of hydrogen-bond donors (Lipinski definition) is 0. The number of halogens is 2. The quantitative estimate of drug-likeness (QED) is 0.120. The maximum absolute atomic E-state index is 8.07. The van der Waals surface area contributed by atoms with Crippen molar-refractivity contribution >= 4 is 47.4 Å². The predicted molar refractivity (Wildman–Crippen MR) is 283 cm³/mol. The van der Waals surface area contributed by atoms with Crippen LogP contribution in [0.5, 0.6) is 0 Å². The SMILES string of the molecule is Cc1cc(C)c(-c2[c]([Ge][c]3c(-c4c(C)cc(C)cc4C)c(C(C)C)c(Cl)c(C(C)C)c3-c3c(C)cc(C)cc3C)c(-c3c(C)cc(C)cc3C)c(C(C)C)c(Cl)c2C(C)C)c(C)c1. The van der Waals surface area contributed by atoms with E-state index in [1.54, 1.807) is 0 Å². The van der Waals surface area contributed by atoms with Crippen LogP contribution < -0.4 is 8.79 Å². The molecule has 0 aliphatic carbocycles. The molecule has 0 saturated heterocycles. The van der Waals surface area contributed by atoms with Crippen LogP contribution in [0.2, 0.25) is 10.0 Å². The fourth-order valence-corrected chi connectivity index (χ4v) is 16.4. The predicted octanol–water partition coefficient (Wildman–Crippen LogP) is 17.5. The van der Waals surface area contributed by atoms with E-state index >= 15 is 0 Å². The summed E-state index contributed by atoms with van der Waals surface area (Å²) >= 11 is 14.9. The molecule has 0 heterocycles. The number of rotatable bonds is 10. The standard InChI is InChI=1S/C60H72Cl2Ge/c1-29(2)45-53(49-37(13)21-33(9)22-38(49)14)59(54(46(30(3)4)57(45)61)50-39(15)23-34(10)24-40(50)16)63-60-55(51-41(17)25-35(11)26-42(51)18)47(31(5)6)58(62)48(32(7)8)56(60)52-43(19)27-36(12)28-44(52)20/h21-32H,1-20H3. The Balaban J connectivity index is 2.07. The molecular formula is C60H72Cl2Ge. The zero-order valence-corrected chi connectivity index (χ0v) is 45.8. The molecule has 0 aliphatic rings. The fourth-order valence-electron chi connectivity index (χ4n) is 11.4. The van der Waals surface area contributed by atoms with Gasteiger partial charge in [-0.25, -0.2) is 0 Å². The Morgan fingerprint density at radius 2 is 0.444 bits per heavy atom. The second-order valence-corrected chi connectivity index (χ2v) is 23.7. The molecule has 6 aromatic rings. The molecule has 0 fully saturated rings. The van der Waals surface area contributed by atoms with E-state index in [0.717, 1.165) is 10.0 Å². The average molecular weight is 937 g/mol. The van der Waals surface area contributed by atoms with Crippen molar-refractivity contribution in [2.75, 3.05) is 0 Å². The van der Waals surface area contributed by atoms with Crippen LogP contribution in [-0.4, -0.2) is 15.4 Å². The minimum atomic E-state index is -1.24. The summed E-state index contributed by atoms with van der Waals surface area (Å²) in [7, 11) is 0. The van der Waals surface area contributed by atoms with Gasteiger partial charge in [-0.1, -0.05) is 0 Å². The van der Waals surface area contributed by atoms with Crippen molar-refractivity contribution in [1.29, 1.82) is 0 Å². The molecule has 0 atom stereocenters. The van der Waals surface area contributed by atoms with Crippen LogP contribution in [0.25, 0.3) is 44.5 Å². The third-order valence-corrected chi connectivity index (χ3v) is 17.3. The molecule has 63 heavy (non-hydrogen) atoms. The Morgan fingerprint density at radius 3 is 0.587 bits per heavy atom. The van der Waals surface area contributed by atoms with Crippen molar-refractivity contribution in [2.45, 2.75) is 162 Å². The minimum absolute atomic E-state index is 0.189. The molecular weight excluding hydrogens is 864 g/mol. The van der Waals surface area contributed by atoms with Gasteiger partial charge in [0.15, 0.2) is 0 Å². The van der Waals surface area contributed by atoms with Crippen molar-refractivity contribution in [3.8, 4) is 44.5 Å². The zero-order chi connectivity index (χ0) is 46.8.